The van der Waals surface area contributed by atoms with Gasteiger partial charge in [0.25, 0.3) is 5.91 Å². The quantitative estimate of drug-likeness (QED) is 0.513. The van der Waals surface area contributed by atoms with Crippen LogP contribution in [0.5, 0.6) is 5.75 Å². The number of aliphatic hydroxyl groups is 1. The second-order valence-corrected chi connectivity index (χ2v) is 10.8. The number of carbonyl (C=O) groups is 2. The number of rotatable bonds is 7. The molecule has 196 valence electrons. The Morgan fingerprint density at radius 1 is 1.25 bits per heavy atom. The Bertz CT molecular complexity index is 1210. The highest BCUT2D eigenvalue weighted by atomic mass is 32.2. The van der Waals surface area contributed by atoms with Crippen molar-refractivity contribution >= 4 is 33.3 Å². The molecule has 1 aliphatic heterocycles. The molecule has 0 spiro atoms. The standard InChI is InChI=1S/C24H31FN4O6S/c1-15-12-29(16(2)14-30)23(31)20-11-19(27-36(4,33)34)9-10-21(20)35-22(15)13-28(3)24(32)26-18-7-5-17(25)6-8-18/h5-11,15-16,22,27,30H,12-14H2,1-4H3,(H,26,32)/t15-,16-,22-/m1/s1. The molecule has 36 heavy (non-hydrogen) atoms. The van der Waals surface area contributed by atoms with Crippen molar-refractivity contribution in [3.8, 4) is 5.75 Å². The number of amides is 3. The first-order chi connectivity index (χ1) is 16.9. The number of nitrogens with one attached hydrogen (secondary N) is 2. The Labute approximate surface area is 210 Å². The molecular formula is C24H31FN4O6S. The number of fused-ring (bicyclic) bond motifs is 1. The van der Waals surface area contributed by atoms with Crippen molar-refractivity contribution in [1.29, 1.82) is 0 Å². The first kappa shape index (κ1) is 27.2. The molecule has 2 aromatic carbocycles. The van der Waals surface area contributed by atoms with E-state index >= 15 is 0 Å². The van der Waals surface area contributed by atoms with E-state index in [1.54, 1.807) is 14.0 Å². The fourth-order valence-electron chi connectivity index (χ4n) is 3.82. The van der Waals surface area contributed by atoms with Crippen LogP contribution in [0.15, 0.2) is 42.5 Å². The van der Waals surface area contributed by atoms with Crippen molar-refractivity contribution in [2.24, 2.45) is 5.92 Å². The predicted octanol–water partition coefficient (Wildman–Crippen LogP) is 2.58. The molecule has 1 aliphatic rings. The summed E-state index contributed by atoms with van der Waals surface area (Å²) < 4.78 is 45.1. The molecule has 3 amide bonds. The third kappa shape index (κ3) is 6.85. The molecule has 12 heteroatoms. The van der Waals surface area contributed by atoms with E-state index in [0.717, 1.165) is 6.26 Å². The third-order valence-electron chi connectivity index (χ3n) is 5.86. The summed E-state index contributed by atoms with van der Waals surface area (Å²) >= 11 is 0. The molecule has 3 N–H and O–H groups in total. The van der Waals surface area contributed by atoms with Crippen LogP contribution in [0, 0.1) is 11.7 Å². The van der Waals surface area contributed by atoms with Crippen LogP contribution in [0.2, 0.25) is 0 Å². The Morgan fingerprint density at radius 2 is 1.89 bits per heavy atom. The summed E-state index contributed by atoms with van der Waals surface area (Å²) in [5.41, 5.74) is 0.773. The van der Waals surface area contributed by atoms with Crippen LogP contribution in [-0.4, -0.2) is 80.4 Å². The molecule has 0 aliphatic carbocycles. The molecule has 0 saturated carbocycles. The van der Waals surface area contributed by atoms with Gasteiger partial charge in [0.1, 0.15) is 17.7 Å². The molecule has 10 nitrogen and oxygen atoms in total. The average molecular weight is 523 g/mol. The number of sulfonamides is 1. The van der Waals surface area contributed by atoms with Gasteiger partial charge in [-0.1, -0.05) is 6.92 Å². The first-order valence-corrected chi connectivity index (χ1v) is 13.2. The molecule has 0 aromatic heterocycles. The van der Waals surface area contributed by atoms with E-state index in [1.807, 2.05) is 6.92 Å². The van der Waals surface area contributed by atoms with Gasteiger partial charge in [0.15, 0.2) is 0 Å². The van der Waals surface area contributed by atoms with E-state index < -0.39 is 39.9 Å². The van der Waals surface area contributed by atoms with Gasteiger partial charge in [0, 0.05) is 30.9 Å². The van der Waals surface area contributed by atoms with Crippen LogP contribution in [0.4, 0.5) is 20.6 Å². The maximum Gasteiger partial charge on any atom is 0.321 e. The first-order valence-electron chi connectivity index (χ1n) is 11.4. The number of benzene rings is 2. The SMILES string of the molecule is C[C@@H]1CN([C@H](C)CO)C(=O)c2cc(NS(C)(=O)=O)ccc2O[C@@H]1CN(C)C(=O)Nc1ccc(F)cc1. The molecule has 2 aromatic rings. The monoisotopic (exact) mass is 522 g/mol. The van der Waals surface area contributed by atoms with E-state index in [0.29, 0.717) is 5.69 Å². The van der Waals surface area contributed by atoms with Crippen LogP contribution in [-0.2, 0) is 10.0 Å². The summed E-state index contributed by atoms with van der Waals surface area (Å²) in [4.78, 5) is 29.0. The number of carbonyl (C=O) groups excluding carboxylic acids is 2. The van der Waals surface area contributed by atoms with Gasteiger partial charge < -0.3 is 25.0 Å². The highest BCUT2D eigenvalue weighted by Crippen LogP contribution is 2.31. The van der Waals surface area contributed by atoms with Crippen molar-refractivity contribution in [1.82, 2.24) is 9.80 Å². The number of likely N-dealkylation sites (N-methyl/N-ethyl adjacent to an activating group) is 1. The fraction of sp³-hybridized carbons (Fsp3) is 0.417. The van der Waals surface area contributed by atoms with Crippen molar-refractivity contribution < 1.29 is 32.2 Å². The highest BCUT2D eigenvalue weighted by Gasteiger charge is 2.34. The number of hydrogen-bond acceptors (Lipinski definition) is 6. The number of ether oxygens (including phenoxy) is 1. The molecule has 3 atom stereocenters. The van der Waals surface area contributed by atoms with Crippen LogP contribution in [0.1, 0.15) is 24.2 Å². The number of urea groups is 1. The summed E-state index contributed by atoms with van der Waals surface area (Å²) in [6.45, 7) is 3.73. The van der Waals surface area contributed by atoms with Gasteiger partial charge in [0.2, 0.25) is 10.0 Å². The lowest BCUT2D eigenvalue weighted by molar-refractivity contribution is 0.0371. The zero-order valence-electron chi connectivity index (χ0n) is 20.6. The van der Waals surface area contributed by atoms with Crippen molar-refractivity contribution in [2.45, 2.75) is 26.0 Å². The molecule has 0 bridgehead atoms. The van der Waals surface area contributed by atoms with Gasteiger partial charge in [-0.05, 0) is 49.4 Å². The lowest BCUT2D eigenvalue weighted by Crippen LogP contribution is -2.50. The van der Waals surface area contributed by atoms with Crippen LogP contribution in [0.3, 0.4) is 0 Å². The van der Waals surface area contributed by atoms with Crippen LogP contribution >= 0.6 is 0 Å². The second kappa shape index (κ2) is 11.1. The minimum atomic E-state index is -3.57. The van der Waals surface area contributed by atoms with Crippen molar-refractivity contribution in [3.63, 3.8) is 0 Å². The lowest BCUT2D eigenvalue weighted by Gasteiger charge is -2.38. The maximum absolute atomic E-state index is 13.4. The Hall–Kier alpha value is -3.38. The average Bonchev–Trinajstić information content (AvgIpc) is 2.81. The minimum Gasteiger partial charge on any atom is -0.487 e. The number of hydrogen-bond donors (Lipinski definition) is 3. The molecule has 0 radical (unpaired) electrons. The third-order valence-corrected chi connectivity index (χ3v) is 6.47. The van der Waals surface area contributed by atoms with Gasteiger partial charge in [-0.25, -0.2) is 17.6 Å². The number of nitrogens with zero attached hydrogens (tertiary/aromatic N) is 2. The van der Waals surface area contributed by atoms with E-state index in [-0.39, 0.29) is 42.6 Å². The molecular weight excluding hydrogens is 491 g/mol. The molecule has 3 rings (SSSR count). The Morgan fingerprint density at radius 3 is 2.50 bits per heavy atom. The van der Waals surface area contributed by atoms with E-state index in [2.05, 4.69) is 10.0 Å². The van der Waals surface area contributed by atoms with Gasteiger partial charge in [-0.2, -0.15) is 0 Å². The highest BCUT2D eigenvalue weighted by molar-refractivity contribution is 7.92. The second-order valence-electron chi connectivity index (χ2n) is 9.03. The molecule has 0 saturated heterocycles. The van der Waals surface area contributed by atoms with E-state index in [1.165, 1.54) is 52.3 Å². The fourth-order valence-corrected chi connectivity index (χ4v) is 4.38. The minimum absolute atomic E-state index is 0.138. The Balaban J connectivity index is 1.88. The maximum atomic E-state index is 13.4. The normalized spacial score (nSPS) is 18.8. The van der Waals surface area contributed by atoms with Gasteiger partial charge in [-0.15, -0.1) is 0 Å². The number of aliphatic hydroxyl groups excluding tert-OH is 1. The van der Waals surface area contributed by atoms with Gasteiger partial charge in [0.05, 0.1) is 31.0 Å². The van der Waals surface area contributed by atoms with Crippen molar-refractivity contribution in [2.75, 3.05) is 43.0 Å². The van der Waals surface area contributed by atoms with E-state index in [4.69, 9.17) is 4.74 Å². The lowest BCUT2D eigenvalue weighted by atomic mass is 9.99. The van der Waals surface area contributed by atoms with Crippen LogP contribution in [0.25, 0.3) is 0 Å². The van der Waals surface area contributed by atoms with Gasteiger partial charge >= 0.3 is 6.03 Å². The summed E-state index contributed by atoms with van der Waals surface area (Å²) in [7, 11) is -1.98. The van der Waals surface area contributed by atoms with Gasteiger partial charge in [-0.3, -0.25) is 9.52 Å². The summed E-state index contributed by atoms with van der Waals surface area (Å²) in [6.07, 6.45) is 0.468. The number of anilines is 2. The summed E-state index contributed by atoms with van der Waals surface area (Å²) in [5.74, 6) is -0.816. The molecule has 0 fully saturated rings. The van der Waals surface area contributed by atoms with Crippen LogP contribution < -0.4 is 14.8 Å². The van der Waals surface area contributed by atoms with Crippen molar-refractivity contribution in [3.05, 3.63) is 53.8 Å². The smallest absolute Gasteiger partial charge is 0.321 e. The zero-order chi connectivity index (χ0) is 26.6. The Kier molecular flexibility index (Phi) is 8.41. The summed E-state index contributed by atoms with van der Waals surface area (Å²) in [5, 5.41) is 12.4. The molecule has 1 heterocycles. The van der Waals surface area contributed by atoms with E-state index in [9.17, 15) is 27.5 Å². The summed E-state index contributed by atoms with van der Waals surface area (Å²) in [6, 6.07) is 8.85. The zero-order valence-corrected chi connectivity index (χ0v) is 21.4. The predicted molar refractivity (Wildman–Crippen MR) is 134 cm³/mol. The largest absolute Gasteiger partial charge is 0.487 e. The topological polar surface area (TPSA) is 128 Å². The number of halogens is 1. The molecule has 0 unspecified atom stereocenters.